The number of benzene rings is 1. The molecule has 1 fully saturated rings. The Hall–Kier alpha value is -0.770. The van der Waals surface area contributed by atoms with E-state index in [1.807, 2.05) is 24.3 Å². The van der Waals surface area contributed by atoms with Gasteiger partial charge in [-0.15, -0.1) is 0 Å². The van der Waals surface area contributed by atoms with Crippen LogP contribution in [0.2, 0.25) is 5.02 Å². The fourth-order valence-corrected chi connectivity index (χ4v) is 2.23. The van der Waals surface area contributed by atoms with Gasteiger partial charge in [-0.2, -0.15) is 0 Å². The molecule has 1 aliphatic rings. The van der Waals surface area contributed by atoms with E-state index in [0.717, 1.165) is 30.1 Å². The molecule has 1 aromatic carbocycles. The SMILES string of the molecule is NC(O)C1CCCN1c1ccc(Cl)cc1. The highest BCUT2D eigenvalue weighted by atomic mass is 35.5. The fraction of sp³-hybridized carbons (Fsp3) is 0.455. The van der Waals surface area contributed by atoms with Crippen LogP contribution in [0.15, 0.2) is 24.3 Å². The third kappa shape index (κ3) is 2.25. The fourth-order valence-electron chi connectivity index (χ4n) is 2.10. The number of nitrogens with two attached hydrogens (primary N) is 1. The summed E-state index contributed by atoms with van der Waals surface area (Å²) in [5, 5.41) is 10.2. The highest BCUT2D eigenvalue weighted by Gasteiger charge is 2.28. The van der Waals surface area contributed by atoms with Crippen molar-refractivity contribution < 1.29 is 5.11 Å². The van der Waals surface area contributed by atoms with Crippen LogP contribution in [0.3, 0.4) is 0 Å². The van der Waals surface area contributed by atoms with E-state index < -0.39 is 6.23 Å². The second-order valence-electron chi connectivity index (χ2n) is 3.87. The molecule has 2 rings (SSSR count). The Morgan fingerprint density at radius 3 is 2.67 bits per heavy atom. The number of rotatable bonds is 2. The van der Waals surface area contributed by atoms with Crippen molar-refractivity contribution in [2.75, 3.05) is 11.4 Å². The minimum Gasteiger partial charge on any atom is -0.377 e. The van der Waals surface area contributed by atoms with Gasteiger partial charge in [0, 0.05) is 17.3 Å². The van der Waals surface area contributed by atoms with Crippen molar-refractivity contribution in [3.8, 4) is 0 Å². The van der Waals surface area contributed by atoms with Crippen LogP contribution >= 0.6 is 11.6 Å². The summed E-state index contributed by atoms with van der Waals surface area (Å²) >= 11 is 5.82. The number of nitrogens with zero attached hydrogens (tertiary/aromatic N) is 1. The summed E-state index contributed by atoms with van der Waals surface area (Å²) < 4.78 is 0. The van der Waals surface area contributed by atoms with Gasteiger partial charge in [-0.1, -0.05) is 11.6 Å². The summed E-state index contributed by atoms with van der Waals surface area (Å²) in [5.74, 6) is 0. The maximum atomic E-state index is 9.45. The average Bonchev–Trinajstić information content (AvgIpc) is 2.67. The van der Waals surface area contributed by atoms with Gasteiger partial charge in [0.25, 0.3) is 0 Å². The molecule has 2 unspecified atom stereocenters. The van der Waals surface area contributed by atoms with Crippen molar-refractivity contribution in [1.29, 1.82) is 0 Å². The van der Waals surface area contributed by atoms with Crippen molar-refractivity contribution in [1.82, 2.24) is 0 Å². The average molecular weight is 227 g/mol. The van der Waals surface area contributed by atoms with Crippen LogP contribution in [0.4, 0.5) is 5.69 Å². The Morgan fingerprint density at radius 2 is 2.07 bits per heavy atom. The number of halogens is 1. The van der Waals surface area contributed by atoms with Gasteiger partial charge in [0.1, 0.15) is 6.23 Å². The first-order valence-electron chi connectivity index (χ1n) is 5.14. The minimum absolute atomic E-state index is 0.0335. The van der Waals surface area contributed by atoms with Crippen molar-refractivity contribution in [3.05, 3.63) is 29.3 Å². The third-order valence-corrected chi connectivity index (χ3v) is 3.10. The van der Waals surface area contributed by atoms with Crippen LogP contribution in [0.1, 0.15) is 12.8 Å². The van der Waals surface area contributed by atoms with E-state index >= 15 is 0 Å². The van der Waals surface area contributed by atoms with E-state index in [4.69, 9.17) is 17.3 Å². The molecule has 0 radical (unpaired) electrons. The van der Waals surface area contributed by atoms with Crippen molar-refractivity contribution >= 4 is 17.3 Å². The standard InChI is InChI=1S/C11H15ClN2O/c12-8-3-5-9(6-4-8)14-7-1-2-10(14)11(13)15/h3-6,10-11,15H,1-2,7,13H2. The first kappa shape index (κ1) is 10.7. The van der Waals surface area contributed by atoms with Gasteiger partial charge < -0.3 is 15.7 Å². The lowest BCUT2D eigenvalue weighted by Crippen LogP contribution is -2.44. The monoisotopic (exact) mass is 226 g/mol. The topological polar surface area (TPSA) is 49.5 Å². The first-order valence-corrected chi connectivity index (χ1v) is 5.52. The quantitative estimate of drug-likeness (QED) is 0.753. The van der Waals surface area contributed by atoms with Crippen LogP contribution in [0, 0.1) is 0 Å². The van der Waals surface area contributed by atoms with Crippen molar-refractivity contribution in [2.45, 2.75) is 25.1 Å². The molecule has 1 heterocycles. The minimum atomic E-state index is -0.775. The lowest BCUT2D eigenvalue weighted by molar-refractivity contribution is 0.152. The molecular formula is C11H15ClN2O. The second-order valence-corrected chi connectivity index (χ2v) is 4.31. The Morgan fingerprint density at radius 1 is 1.40 bits per heavy atom. The number of hydrogen-bond donors (Lipinski definition) is 2. The maximum Gasteiger partial charge on any atom is 0.122 e. The summed E-state index contributed by atoms with van der Waals surface area (Å²) in [6.07, 6.45) is 1.24. The molecule has 3 nitrogen and oxygen atoms in total. The van der Waals surface area contributed by atoms with Gasteiger partial charge in [-0.3, -0.25) is 0 Å². The maximum absolute atomic E-state index is 9.45. The third-order valence-electron chi connectivity index (χ3n) is 2.85. The lowest BCUT2D eigenvalue weighted by atomic mass is 10.2. The number of aliphatic hydroxyl groups is 1. The van der Waals surface area contributed by atoms with E-state index in [0.29, 0.717) is 0 Å². The van der Waals surface area contributed by atoms with E-state index in [1.54, 1.807) is 0 Å². The summed E-state index contributed by atoms with van der Waals surface area (Å²) in [7, 11) is 0. The summed E-state index contributed by atoms with van der Waals surface area (Å²) in [6, 6.07) is 7.67. The van der Waals surface area contributed by atoms with Crippen LogP contribution in [0.5, 0.6) is 0 Å². The Kier molecular flexibility index (Phi) is 3.14. The van der Waals surface area contributed by atoms with Crippen LogP contribution in [-0.4, -0.2) is 23.9 Å². The molecule has 0 spiro atoms. The first-order chi connectivity index (χ1) is 7.18. The molecule has 1 aliphatic heterocycles. The second kappa shape index (κ2) is 4.39. The molecule has 1 aromatic rings. The molecule has 0 bridgehead atoms. The molecule has 82 valence electrons. The predicted octanol–water partition coefficient (Wildman–Crippen LogP) is 1.59. The normalized spacial score (nSPS) is 23.1. The largest absolute Gasteiger partial charge is 0.377 e. The van der Waals surface area contributed by atoms with Gasteiger partial charge >= 0.3 is 0 Å². The number of anilines is 1. The van der Waals surface area contributed by atoms with E-state index in [9.17, 15) is 5.11 Å². The van der Waals surface area contributed by atoms with Gasteiger partial charge in [0.2, 0.25) is 0 Å². The highest BCUT2D eigenvalue weighted by molar-refractivity contribution is 6.30. The molecule has 2 atom stereocenters. The van der Waals surface area contributed by atoms with E-state index in [2.05, 4.69) is 4.90 Å². The van der Waals surface area contributed by atoms with E-state index in [1.165, 1.54) is 0 Å². The highest BCUT2D eigenvalue weighted by Crippen LogP contribution is 2.27. The van der Waals surface area contributed by atoms with Gasteiger partial charge in [-0.25, -0.2) is 0 Å². The molecule has 0 aromatic heterocycles. The summed E-state index contributed by atoms with van der Waals surface area (Å²) in [6.45, 7) is 0.945. The molecular weight excluding hydrogens is 212 g/mol. The van der Waals surface area contributed by atoms with Crippen LogP contribution < -0.4 is 10.6 Å². The number of aliphatic hydroxyl groups excluding tert-OH is 1. The predicted molar refractivity (Wildman–Crippen MR) is 62.0 cm³/mol. The summed E-state index contributed by atoms with van der Waals surface area (Å²) in [4.78, 5) is 2.14. The molecule has 3 N–H and O–H groups in total. The summed E-state index contributed by atoms with van der Waals surface area (Å²) in [5.41, 5.74) is 6.62. The van der Waals surface area contributed by atoms with Crippen molar-refractivity contribution in [2.24, 2.45) is 5.73 Å². The van der Waals surface area contributed by atoms with Gasteiger partial charge in [0.15, 0.2) is 0 Å². The van der Waals surface area contributed by atoms with Crippen molar-refractivity contribution in [3.63, 3.8) is 0 Å². The Bertz CT molecular complexity index is 326. The molecule has 0 saturated carbocycles. The lowest BCUT2D eigenvalue weighted by Gasteiger charge is -2.28. The zero-order chi connectivity index (χ0) is 10.8. The zero-order valence-electron chi connectivity index (χ0n) is 8.44. The van der Waals surface area contributed by atoms with Gasteiger partial charge in [0.05, 0.1) is 6.04 Å². The molecule has 1 saturated heterocycles. The van der Waals surface area contributed by atoms with E-state index in [-0.39, 0.29) is 6.04 Å². The Labute approximate surface area is 94.4 Å². The molecule has 4 heteroatoms. The zero-order valence-corrected chi connectivity index (χ0v) is 9.19. The van der Waals surface area contributed by atoms with Gasteiger partial charge in [-0.05, 0) is 37.1 Å². The van der Waals surface area contributed by atoms with Crippen LogP contribution in [0.25, 0.3) is 0 Å². The molecule has 0 amide bonds. The smallest absolute Gasteiger partial charge is 0.122 e. The number of hydrogen-bond acceptors (Lipinski definition) is 3. The molecule has 15 heavy (non-hydrogen) atoms. The molecule has 0 aliphatic carbocycles. The van der Waals surface area contributed by atoms with Crippen LogP contribution in [-0.2, 0) is 0 Å². The Balaban J connectivity index is 2.19.